The number of Topliss-reactive ketones (excluding diaryl/α,β-unsaturated/α-hetero) is 1. The number of imidazole rings is 1. The monoisotopic (exact) mass is 448 g/mol. The summed E-state index contributed by atoms with van der Waals surface area (Å²) in [7, 11) is 0. The van der Waals surface area contributed by atoms with Crippen molar-refractivity contribution in [3.63, 3.8) is 0 Å². The highest BCUT2D eigenvalue weighted by atomic mass is 32.1. The van der Waals surface area contributed by atoms with E-state index in [-0.39, 0.29) is 34.6 Å². The largest absolute Gasteiger partial charge is 0.493 e. The number of thiazole rings is 1. The van der Waals surface area contributed by atoms with E-state index in [1.807, 2.05) is 36.4 Å². The normalized spacial score (nSPS) is 11.8. The van der Waals surface area contributed by atoms with Crippen LogP contribution in [0.1, 0.15) is 29.0 Å². The minimum atomic E-state index is -1.05. The first kappa shape index (κ1) is 21.3. The molecule has 0 unspecified atom stereocenters. The van der Waals surface area contributed by atoms with Gasteiger partial charge in [0.1, 0.15) is 17.4 Å². The van der Waals surface area contributed by atoms with Crippen LogP contribution in [-0.4, -0.2) is 31.3 Å². The smallest absolute Gasteiger partial charge is 0.329 e. The Morgan fingerprint density at radius 3 is 2.41 bits per heavy atom. The van der Waals surface area contributed by atoms with E-state index < -0.39 is 17.6 Å². The molecule has 0 aliphatic heterocycles. The molecule has 0 saturated carbocycles. The summed E-state index contributed by atoms with van der Waals surface area (Å²) < 4.78 is 1.05. The Kier molecular flexibility index (Phi) is 6.00. The Morgan fingerprint density at radius 1 is 1.12 bits per heavy atom. The third-order valence-electron chi connectivity index (χ3n) is 4.95. The van der Waals surface area contributed by atoms with E-state index in [4.69, 9.17) is 0 Å². The third-order valence-corrected chi connectivity index (χ3v) is 5.70. The lowest BCUT2D eigenvalue weighted by molar-refractivity contribution is -0.119. The Morgan fingerprint density at radius 2 is 1.78 bits per heavy atom. The Balaban J connectivity index is 1.73. The molecule has 0 aliphatic rings. The lowest BCUT2D eigenvalue weighted by atomic mass is 10.0. The molecule has 0 bridgehead atoms. The zero-order chi connectivity index (χ0) is 22.7. The molecule has 3 N–H and O–H groups in total. The van der Waals surface area contributed by atoms with Gasteiger partial charge in [0.2, 0.25) is 11.8 Å². The minimum absolute atomic E-state index is 0.164. The van der Waals surface area contributed by atoms with E-state index in [9.17, 15) is 19.5 Å². The SMILES string of the molecule is CC(=O)c1csc(NC(=O)[C@H](Cc2ccccc2)n2c(O)c(-c3ccccc3)[nH]c2=O)n1. The van der Waals surface area contributed by atoms with Gasteiger partial charge in [-0.15, -0.1) is 11.3 Å². The van der Waals surface area contributed by atoms with Crippen LogP contribution < -0.4 is 11.0 Å². The van der Waals surface area contributed by atoms with Gasteiger partial charge in [-0.1, -0.05) is 60.7 Å². The Hall–Kier alpha value is -3.98. The summed E-state index contributed by atoms with van der Waals surface area (Å²) in [5.74, 6) is -1.08. The van der Waals surface area contributed by atoms with Crippen LogP contribution in [0.15, 0.2) is 70.8 Å². The van der Waals surface area contributed by atoms with Gasteiger partial charge in [-0.25, -0.2) is 14.3 Å². The highest BCUT2D eigenvalue weighted by Gasteiger charge is 2.28. The van der Waals surface area contributed by atoms with Gasteiger partial charge in [0.25, 0.3) is 0 Å². The number of aromatic nitrogens is 3. The molecule has 9 heteroatoms. The number of anilines is 1. The van der Waals surface area contributed by atoms with E-state index in [1.165, 1.54) is 6.92 Å². The summed E-state index contributed by atoms with van der Waals surface area (Å²) >= 11 is 1.11. The van der Waals surface area contributed by atoms with Gasteiger partial charge in [-0.3, -0.25) is 9.59 Å². The predicted molar refractivity (Wildman–Crippen MR) is 122 cm³/mol. The molecule has 2 aromatic heterocycles. The number of aromatic hydroxyl groups is 1. The highest BCUT2D eigenvalue weighted by molar-refractivity contribution is 7.14. The molecular formula is C23H20N4O4S. The number of H-pyrrole nitrogens is 1. The van der Waals surface area contributed by atoms with Gasteiger partial charge in [0.05, 0.1) is 0 Å². The van der Waals surface area contributed by atoms with E-state index >= 15 is 0 Å². The van der Waals surface area contributed by atoms with Gasteiger partial charge in [-0.05, 0) is 5.56 Å². The highest BCUT2D eigenvalue weighted by Crippen LogP contribution is 2.30. The van der Waals surface area contributed by atoms with Gasteiger partial charge in [-0.2, -0.15) is 0 Å². The Labute approximate surface area is 187 Å². The second kappa shape index (κ2) is 9.03. The standard InChI is InChI=1S/C23H20N4O4S/c1-14(28)17-13-32-22(24-17)26-20(29)18(12-15-8-4-2-5-9-15)27-21(30)19(25-23(27)31)16-10-6-3-7-11-16/h2-11,13,18,30H,12H2,1H3,(H,25,31)(H,24,26,29)/t18-/m0/s1. The molecule has 4 aromatic rings. The molecule has 4 rings (SSSR count). The number of benzene rings is 2. The summed E-state index contributed by atoms with van der Waals surface area (Å²) in [5.41, 5.74) is 1.30. The summed E-state index contributed by atoms with van der Waals surface area (Å²) in [6.45, 7) is 1.39. The fourth-order valence-electron chi connectivity index (χ4n) is 3.36. The van der Waals surface area contributed by atoms with E-state index in [0.717, 1.165) is 21.5 Å². The number of nitrogens with one attached hydrogen (secondary N) is 2. The van der Waals surface area contributed by atoms with Crippen LogP contribution in [0.5, 0.6) is 5.88 Å². The van der Waals surface area contributed by atoms with Crippen LogP contribution in [0.3, 0.4) is 0 Å². The molecule has 8 nitrogen and oxygen atoms in total. The Bertz CT molecular complexity index is 1310. The maximum atomic E-state index is 13.2. The number of ketones is 1. The van der Waals surface area contributed by atoms with Crippen molar-refractivity contribution in [1.29, 1.82) is 0 Å². The van der Waals surface area contributed by atoms with Crippen molar-refractivity contribution in [2.45, 2.75) is 19.4 Å². The van der Waals surface area contributed by atoms with Crippen LogP contribution in [0, 0.1) is 0 Å². The molecule has 2 heterocycles. The van der Waals surface area contributed by atoms with Crippen molar-refractivity contribution in [3.05, 3.63) is 87.8 Å². The summed E-state index contributed by atoms with van der Waals surface area (Å²) in [5, 5.41) is 15.4. The van der Waals surface area contributed by atoms with Crippen LogP contribution >= 0.6 is 11.3 Å². The van der Waals surface area contributed by atoms with E-state index in [2.05, 4.69) is 15.3 Å². The van der Waals surface area contributed by atoms with Crippen molar-refractivity contribution >= 4 is 28.2 Å². The van der Waals surface area contributed by atoms with Crippen LogP contribution in [0.4, 0.5) is 5.13 Å². The van der Waals surface area contributed by atoms with E-state index in [0.29, 0.717) is 5.56 Å². The van der Waals surface area contributed by atoms with Gasteiger partial charge >= 0.3 is 5.69 Å². The quantitative estimate of drug-likeness (QED) is 0.373. The fourth-order valence-corrected chi connectivity index (χ4v) is 4.11. The number of hydrogen-bond donors (Lipinski definition) is 3. The first-order chi connectivity index (χ1) is 15.4. The molecule has 1 atom stereocenters. The first-order valence-corrected chi connectivity index (χ1v) is 10.7. The summed E-state index contributed by atoms with van der Waals surface area (Å²) in [6.07, 6.45) is 0.164. The number of nitrogens with zero attached hydrogens (tertiary/aromatic N) is 2. The number of carbonyl (C=O) groups is 2. The molecule has 1 amide bonds. The van der Waals surface area contributed by atoms with Crippen molar-refractivity contribution in [2.24, 2.45) is 0 Å². The summed E-state index contributed by atoms with van der Waals surface area (Å²) in [4.78, 5) is 44.3. The second-order valence-corrected chi connectivity index (χ2v) is 8.01. The van der Waals surface area contributed by atoms with Crippen molar-refractivity contribution in [3.8, 4) is 17.1 Å². The van der Waals surface area contributed by atoms with Crippen LogP contribution in [0.25, 0.3) is 11.3 Å². The van der Waals surface area contributed by atoms with Gasteiger partial charge in [0, 0.05) is 24.3 Å². The van der Waals surface area contributed by atoms with Crippen molar-refractivity contribution < 1.29 is 14.7 Å². The van der Waals surface area contributed by atoms with Crippen LogP contribution in [-0.2, 0) is 11.2 Å². The molecule has 162 valence electrons. The molecule has 0 spiro atoms. The molecule has 2 aromatic carbocycles. The molecular weight excluding hydrogens is 428 g/mol. The second-order valence-electron chi connectivity index (χ2n) is 7.15. The zero-order valence-corrected chi connectivity index (χ0v) is 17.9. The first-order valence-electron chi connectivity index (χ1n) is 9.84. The molecule has 0 fully saturated rings. The molecule has 0 saturated heterocycles. The molecule has 0 radical (unpaired) electrons. The van der Waals surface area contributed by atoms with Gasteiger partial charge in [0.15, 0.2) is 10.9 Å². The van der Waals surface area contributed by atoms with E-state index in [1.54, 1.807) is 29.6 Å². The number of aromatic amines is 1. The number of rotatable bonds is 7. The maximum Gasteiger partial charge on any atom is 0.329 e. The number of amides is 1. The minimum Gasteiger partial charge on any atom is -0.493 e. The topological polar surface area (TPSA) is 117 Å². The van der Waals surface area contributed by atoms with Crippen LogP contribution in [0.2, 0.25) is 0 Å². The van der Waals surface area contributed by atoms with Crippen molar-refractivity contribution in [1.82, 2.24) is 14.5 Å². The summed E-state index contributed by atoms with van der Waals surface area (Å²) in [6, 6.07) is 17.0. The fraction of sp³-hybridized carbons (Fsp3) is 0.130. The predicted octanol–water partition coefficient (Wildman–Crippen LogP) is 3.63. The third kappa shape index (κ3) is 4.37. The van der Waals surface area contributed by atoms with Gasteiger partial charge < -0.3 is 15.4 Å². The molecule has 0 aliphatic carbocycles. The number of hydrogen-bond acceptors (Lipinski definition) is 6. The maximum absolute atomic E-state index is 13.2. The molecule has 32 heavy (non-hydrogen) atoms. The number of carbonyl (C=O) groups excluding carboxylic acids is 2. The lowest BCUT2D eigenvalue weighted by Crippen LogP contribution is -2.33. The average Bonchev–Trinajstić information content (AvgIpc) is 3.38. The van der Waals surface area contributed by atoms with Crippen molar-refractivity contribution in [2.75, 3.05) is 5.32 Å². The lowest BCUT2D eigenvalue weighted by Gasteiger charge is -2.18. The zero-order valence-electron chi connectivity index (χ0n) is 17.1. The average molecular weight is 449 g/mol.